The highest BCUT2D eigenvalue weighted by Crippen LogP contribution is 2.11. The van der Waals surface area contributed by atoms with E-state index in [2.05, 4.69) is 30.6 Å². The number of halogens is 1. The molecule has 1 atom stereocenters. The summed E-state index contributed by atoms with van der Waals surface area (Å²) in [6.07, 6.45) is 2.60. The molecule has 0 radical (unpaired) electrons. The Morgan fingerprint density at radius 1 is 1.60 bits per heavy atom. The highest BCUT2D eigenvalue weighted by Gasteiger charge is 2.18. The third-order valence-electron chi connectivity index (χ3n) is 2.66. The Morgan fingerprint density at radius 3 is 2.80 bits per heavy atom. The number of hydrogen-bond donors (Lipinski definition) is 1. The second-order valence-corrected chi connectivity index (χ2v) is 5.43. The van der Waals surface area contributed by atoms with Crippen LogP contribution in [0, 0.1) is 5.92 Å². The van der Waals surface area contributed by atoms with Crippen LogP contribution in [0.2, 0.25) is 0 Å². The van der Waals surface area contributed by atoms with Crippen LogP contribution < -0.4 is 5.32 Å². The smallest absolute Gasteiger partial charge is 0.0336 e. The zero-order valence-electron chi connectivity index (χ0n) is 9.93. The van der Waals surface area contributed by atoms with Crippen molar-refractivity contribution >= 4 is 11.6 Å². The number of nitrogens with zero attached hydrogens (tertiary/aromatic N) is 1. The van der Waals surface area contributed by atoms with Crippen molar-refractivity contribution in [3.05, 3.63) is 11.6 Å². The Morgan fingerprint density at radius 2 is 2.33 bits per heavy atom. The van der Waals surface area contributed by atoms with Gasteiger partial charge in [0.25, 0.3) is 0 Å². The fourth-order valence-electron chi connectivity index (χ4n) is 2.19. The van der Waals surface area contributed by atoms with E-state index in [9.17, 15) is 0 Å². The molecule has 0 aromatic heterocycles. The Labute approximate surface area is 98.7 Å². The van der Waals surface area contributed by atoms with Gasteiger partial charge in [-0.3, -0.25) is 4.90 Å². The molecule has 15 heavy (non-hydrogen) atoms. The van der Waals surface area contributed by atoms with E-state index in [1.807, 2.05) is 0 Å². The van der Waals surface area contributed by atoms with Crippen LogP contribution in [0.5, 0.6) is 0 Å². The molecule has 1 aliphatic heterocycles. The number of hydrogen-bond acceptors (Lipinski definition) is 2. The molecule has 88 valence electrons. The van der Waals surface area contributed by atoms with Crippen LogP contribution in [0.25, 0.3) is 0 Å². The van der Waals surface area contributed by atoms with E-state index in [1.54, 1.807) is 0 Å². The van der Waals surface area contributed by atoms with E-state index in [-0.39, 0.29) is 0 Å². The fraction of sp³-hybridized carbons (Fsp3) is 0.833. The van der Waals surface area contributed by atoms with Crippen molar-refractivity contribution in [1.29, 1.82) is 0 Å². The molecule has 1 unspecified atom stereocenters. The standard InChI is InChI=1S/C12H23ClN2/c1-10(2)7-15(8-11(3)13)9-12-5-4-6-14-12/h10,12,14H,3-9H2,1-2H3. The quantitative estimate of drug-likeness (QED) is 0.754. The maximum atomic E-state index is 5.88. The molecule has 1 aliphatic rings. The van der Waals surface area contributed by atoms with Crippen molar-refractivity contribution < 1.29 is 0 Å². The van der Waals surface area contributed by atoms with Gasteiger partial charge in [-0.1, -0.05) is 32.0 Å². The van der Waals surface area contributed by atoms with Crippen LogP contribution in [-0.2, 0) is 0 Å². The van der Waals surface area contributed by atoms with E-state index in [0.29, 0.717) is 12.0 Å². The third-order valence-corrected chi connectivity index (χ3v) is 2.78. The van der Waals surface area contributed by atoms with E-state index >= 15 is 0 Å². The van der Waals surface area contributed by atoms with E-state index < -0.39 is 0 Å². The van der Waals surface area contributed by atoms with E-state index in [1.165, 1.54) is 19.4 Å². The molecular weight excluding hydrogens is 208 g/mol. The van der Waals surface area contributed by atoms with Crippen molar-refractivity contribution in [2.24, 2.45) is 5.92 Å². The van der Waals surface area contributed by atoms with Gasteiger partial charge < -0.3 is 5.32 Å². The summed E-state index contributed by atoms with van der Waals surface area (Å²) in [5, 5.41) is 4.26. The minimum atomic E-state index is 0.653. The van der Waals surface area contributed by atoms with Gasteiger partial charge in [0, 0.05) is 30.7 Å². The van der Waals surface area contributed by atoms with Crippen molar-refractivity contribution in [2.75, 3.05) is 26.2 Å². The third kappa shape index (κ3) is 5.55. The highest BCUT2D eigenvalue weighted by molar-refractivity contribution is 6.29. The van der Waals surface area contributed by atoms with Crippen LogP contribution in [0.15, 0.2) is 11.6 Å². The first-order chi connectivity index (χ1) is 7.08. The molecule has 1 fully saturated rings. The maximum absolute atomic E-state index is 5.88. The normalized spacial score (nSPS) is 21.5. The molecule has 0 spiro atoms. The van der Waals surface area contributed by atoms with Crippen LogP contribution in [0.3, 0.4) is 0 Å². The van der Waals surface area contributed by atoms with Gasteiger partial charge in [-0.15, -0.1) is 0 Å². The lowest BCUT2D eigenvalue weighted by atomic mass is 10.1. The fourth-order valence-corrected chi connectivity index (χ4v) is 2.36. The lowest BCUT2D eigenvalue weighted by molar-refractivity contribution is 0.244. The van der Waals surface area contributed by atoms with Crippen molar-refractivity contribution in [3.63, 3.8) is 0 Å². The van der Waals surface area contributed by atoms with Crippen LogP contribution in [0.1, 0.15) is 26.7 Å². The predicted octanol–water partition coefficient (Wildman–Crippen LogP) is 2.45. The first-order valence-corrected chi connectivity index (χ1v) is 6.24. The second kappa shape index (κ2) is 6.51. The van der Waals surface area contributed by atoms with Gasteiger partial charge in [0.15, 0.2) is 0 Å². The average Bonchev–Trinajstić information content (AvgIpc) is 2.53. The van der Waals surface area contributed by atoms with E-state index in [0.717, 1.165) is 24.7 Å². The van der Waals surface area contributed by atoms with Crippen LogP contribution >= 0.6 is 11.6 Å². The van der Waals surface area contributed by atoms with Crippen molar-refractivity contribution in [3.8, 4) is 0 Å². The summed E-state index contributed by atoms with van der Waals surface area (Å²) >= 11 is 5.88. The molecule has 0 aromatic carbocycles. The molecule has 1 rings (SSSR count). The van der Waals surface area contributed by atoms with Crippen LogP contribution in [0.4, 0.5) is 0 Å². The second-order valence-electron chi connectivity index (χ2n) is 4.90. The largest absolute Gasteiger partial charge is 0.313 e. The van der Waals surface area contributed by atoms with Gasteiger partial charge in [-0.2, -0.15) is 0 Å². The van der Waals surface area contributed by atoms with Gasteiger partial charge >= 0.3 is 0 Å². The summed E-state index contributed by atoms with van der Waals surface area (Å²) in [6.45, 7) is 12.5. The molecule has 1 heterocycles. The minimum Gasteiger partial charge on any atom is -0.313 e. The Balaban J connectivity index is 2.36. The highest BCUT2D eigenvalue weighted by atomic mass is 35.5. The SMILES string of the molecule is C=C(Cl)CN(CC(C)C)CC1CCCN1. The molecule has 3 heteroatoms. The van der Waals surface area contributed by atoms with E-state index in [4.69, 9.17) is 11.6 Å². The molecule has 0 aromatic rings. The van der Waals surface area contributed by atoms with Crippen LogP contribution in [-0.4, -0.2) is 37.1 Å². The molecule has 0 bridgehead atoms. The summed E-state index contributed by atoms with van der Waals surface area (Å²) in [5.41, 5.74) is 0. The Bertz CT molecular complexity index is 198. The summed E-state index contributed by atoms with van der Waals surface area (Å²) in [4.78, 5) is 2.41. The average molecular weight is 231 g/mol. The topological polar surface area (TPSA) is 15.3 Å². The van der Waals surface area contributed by atoms with Crippen molar-refractivity contribution in [1.82, 2.24) is 10.2 Å². The Kier molecular flexibility index (Phi) is 5.65. The molecule has 1 N–H and O–H groups in total. The molecule has 0 amide bonds. The maximum Gasteiger partial charge on any atom is 0.0336 e. The zero-order valence-corrected chi connectivity index (χ0v) is 10.7. The summed E-state index contributed by atoms with van der Waals surface area (Å²) in [6, 6.07) is 0.653. The van der Waals surface area contributed by atoms with Gasteiger partial charge in [-0.05, 0) is 25.3 Å². The summed E-state index contributed by atoms with van der Waals surface area (Å²) in [7, 11) is 0. The molecule has 0 aliphatic carbocycles. The van der Waals surface area contributed by atoms with Gasteiger partial charge in [0.05, 0.1) is 0 Å². The Hall–Kier alpha value is -0.0500. The number of rotatable bonds is 6. The molecule has 1 saturated heterocycles. The van der Waals surface area contributed by atoms with Gasteiger partial charge in [-0.25, -0.2) is 0 Å². The zero-order chi connectivity index (χ0) is 11.3. The molecule has 0 saturated carbocycles. The summed E-state index contributed by atoms with van der Waals surface area (Å²) in [5.74, 6) is 0.683. The minimum absolute atomic E-state index is 0.653. The van der Waals surface area contributed by atoms with Gasteiger partial charge in [0.2, 0.25) is 0 Å². The predicted molar refractivity (Wildman–Crippen MR) is 67.3 cm³/mol. The lowest BCUT2D eigenvalue weighted by Gasteiger charge is -2.26. The lowest BCUT2D eigenvalue weighted by Crippen LogP contribution is -2.39. The monoisotopic (exact) mass is 230 g/mol. The van der Waals surface area contributed by atoms with Crippen molar-refractivity contribution in [2.45, 2.75) is 32.7 Å². The number of nitrogens with one attached hydrogen (secondary N) is 1. The first-order valence-electron chi connectivity index (χ1n) is 5.87. The molecule has 2 nitrogen and oxygen atoms in total. The molecular formula is C12H23ClN2. The van der Waals surface area contributed by atoms with Gasteiger partial charge in [0.1, 0.15) is 0 Å². The first kappa shape index (κ1) is 13.0. The summed E-state index contributed by atoms with van der Waals surface area (Å²) < 4.78 is 0.